The molecule has 8 heteroatoms. The molecule has 1 N–H and O–H groups in total. The predicted octanol–water partition coefficient (Wildman–Crippen LogP) is 2.64. The number of carbonyl (C=O) groups excluding carboxylic acids is 1. The Bertz CT molecular complexity index is 448. The molecule has 0 aliphatic rings. The van der Waals surface area contributed by atoms with Crippen LogP contribution in [0.3, 0.4) is 0 Å². The second kappa shape index (κ2) is 4.79. The molecule has 0 spiro atoms. The summed E-state index contributed by atoms with van der Waals surface area (Å²) < 4.78 is 41.5. The summed E-state index contributed by atoms with van der Waals surface area (Å²) in [6, 6.07) is 0.671. The van der Waals surface area contributed by atoms with Crippen molar-refractivity contribution in [2.75, 3.05) is 6.61 Å². The molecule has 0 saturated heterocycles. The highest BCUT2D eigenvalue weighted by Gasteiger charge is 2.37. The standard InChI is InChI=1S/C9H7ClF3NO3/c1-2-17-8(16)4-3-5(10)6(9(11,12)13)14-7(4)15/h3H,2H2,1H3,(H,14,15). The Morgan fingerprint density at radius 2 is 2.18 bits per heavy atom. The highest BCUT2D eigenvalue weighted by Crippen LogP contribution is 2.35. The van der Waals surface area contributed by atoms with E-state index in [1.54, 1.807) is 0 Å². The molecule has 4 nitrogen and oxygen atoms in total. The SMILES string of the molecule is CCOC(=O)c1cc(Cl)c(C(F)(F)F)nc1O. The summed E-state index contributed by atoms with van der Waals surface area (Å²) in [5.74, 6) is -2.06. The maximum Gasteiger partial charge on any atom is 0.434 e. The van der Waals surface area contributed by atoms with Crippen molar-refractivity contribution in [2.45, 2.75) is 13.1 Å². The number of esters is 1. The average molecular weight is 270 g/mol. The number of pyridine rings is 1. The van der Waals surface area contributed by atoms with Gasteiger partial charge in [0.05, 0.1) is 11.6 Å². The summed E-state index contributed by atoms with van der Waals surface area (Å²) in [6.07, 6.45) is -4.80. The quantitative estimate of drug-likeness (QED) is 0.839. The average Bonchev–Trinajstić information content (AvgIpc) is 2.19. The second-order valence-corrected chi connectivity index (χ2v) is 3.32. The fourth-order valence-electron chi connectivity index (χ4n) is 1.04. The van der Waals surface area contributed by atoms with E-state index in [9.17, 15) is 23.1 Å². The van der Waals surface area contributed by atoms with E-state index < -0.39 is 34.3 Å². The number of halogens is 4. The van der Waals surface area contributed by atoms with Gasteiger partial charge in [-0.1, -0.05) is 11.6 Å². The van der Waals surface area contributed by atoms with E-state index in [1.807, 2.05) is 0 Å². The number of aromatic nitrogens is 1. The van der Waals surface area contributed by atoms with E-state index in [-0.39, 0.29) is 6.61 Å². The smallest absolute Gasteiger partial charge is 0.434 e. The van der Waals surface area contributed by atoms with E-state index in [1.165, 1.54) is 6.92 Å². The molecule has 0 bridgehead atoms. The molecule has 0 radical (unpaired) electrons. The molecule has 0 fully saturated rings. The number of ether oxygens (including phenoxy) is 1. The van der Waals surface area contributed by atoms with Gasteiger partial charge in [-0.05, 0) is 13.0 Å². The van der Waals surface area contributed by atoms with Gasteiger partial charge in [0.2, 0.25) is 5.88 Å². The van der Waals surface area contributed by atoms with Crippen LogP contribution in [0.15, 0.2) is 6.07 Å². The molecule has 0 aromatic carbocycles. The van der Waals surface area contributed by atoms with Gasteiger partial charge < -0.3 is 9.84 Å². The van der Waals surface area contributed by atoms with Crippen molar-refractivity contribution in [3.8, 4) is 5.88 Å². The number of carbonyl (C=O) groups is 1. The van der Waals surface area contributed by atoms with Crippen LogP contribution in [0.1, 0.15) is 23.0 Å². The van der Waals surface area contributed by atoms with Gasteiger partial charge in [-0.2, -0.15) is 13.2 Å². The van der Waals surface area contributed by atoms with Crippen molar-refractivity contribution < 1.29 is 27.8 Å². The number of hydrogen-bond donors (Lipinski definition) is 1. The minimum absolute atomic E-state index is 0.0108. The monoisotopic (exact) mass is 269 g/mol. The summed E-state index contributed by atoms with van der Waals surface area (Å²) in [5.41, 5.74) is -1.96. The van der Waals surface area contributed by atoms with Crippen molar-refractivity contribution in [3.05, 3.63) is 22.3 Å². The lowest BCUT2D eigenvalue weighted by atomic mass is 10.2. The third kappa shape index (κ3) is 3.00. The van der Waals surface area contributed by atoms with Gasteiger partial charge in [-0.25, -0.2) is 9.78 Å². The lowest BCUT2D eigenvalue weighted by Gasteiger charge is -2.10. The zero-order valence-electron chi connectivity index (χ0n) is 8.51. The first kappa shape index (κ1) is 13.6. The Kier molecular flexibility index (Phi) is 3.82. The lowest BCUT2D eigenvalue weighted by Crippen LogP contribution is -2.12. The number of nitrogens with zero attached hydrogens (tertiary/aromatic N) is 1. The van der Waals surface area contributed by atoms with Crippen LogP contribution in [0, 0.1) is 0 Å². The molecule has 0 unspecified atom stereocenters. The van der Waals surface area contributed by atoms with Crippen molar-refractivity contribution in [2.24, 2.45) is 0 Å². The summed E-state index contributed by atoms with van der Waals surface area (Å²) in [6.45, 7) is 1.52. The first-order valence-electron chi connectivity index (χ1n) is 4.41. The Hall–Kier alpha value is -1.50. The zero-order chi connectivity index (χ0) is 13.2. The Labute approximate surface area is 99.0 Å². The van der Waals surface area contributed by atoms with E-state index >= 15 is 0 Å². The molecular formula is C9H7ClF3NO3. The molecule has 1 rings (SSSR count). The molecule has 0 amide bonds. The van der Waals surface area contributed by atoms with Crippen molar-refractivity contribution in [1.29, 1.82) is 0 Å². The summed E-state index contributed by atoms with van der Waals surface area (Å²) in [5, 5.41) is 8.43. The van der Waals surface area contributed by atoms with Gasteiger partial charge in [-0.3, -0.25) is 0 Å². The Morgan fingerprint density at radius 1 is 1.59 bits per heavy atom. The Balaban J connectivity index is 3.23. The zero-order valence-corrected chi connectivity index (χ0v) is 9.26. The van der Waals surface area contributed by atoms with Gasteiger partial charge >= 0.3 is 12.1 Å². The normalized spacial score (nSPS) is 11.4. The molecule has 17 heavy (non-hydrogen) atoms. The lowest BCUT2D eigenvalue weighted by molar-refractivity contribution is -0.141. The van der Waals surface area contributed by atoms with Crippen LogP contribution < -0.4 is 0 Å². The predicted molar refractivity (Wildman–Crippen MR) is 51.9 cm³/mol. The molecular weight excluding hydrogens is 263 g/mol. The number of hydrogen-bond acceptors (Lipinski definition) is 4. The topological polar surface area (TPSA) is 59.4 Å². The molecule has 0 atom stereocenters. The number of rotatable bonds is 2. The Morgan fingerprint density at radius 3 is 2.65 bits per heavy atom. The van der Waals surface area contributed by atoms with Crippen molar-refractivity contribution in [1.82, 2.24) is 4.98 Å². The molecule has 0 aliphatic carbocycles. The van der Waals surface area contributed by atoms with Crippen molar-refractivity contribution in [3.63, 3.8) is 0 Å². The first-order valence-corrected chi connectivity index (χ1v) is 4.79. The molecule has 1 heterocycles. The highest BCUT2D eigenvalue weighted by atomic mass is 35.5. The summed E-state index contributed by atoms with van der Waals surface area (Å²) in [7, 11) is 0. The molecule has 0 saturated carbocycles. The largest absolute Gasteiger partial charge is 0.493 e. The summed E-state index contributed by atoms with van der Waals surface area (Å²) >= 11 is 5.33. The molecule has 0 aliphatic heterocycles. The van der Waals surface area contributed by atoms with Crippen LogP contribution in [0.25, 0.3) is 0 Å². The van der Waals surface area contributed by atoms with Gasteiger partial charge in [0.1, 0.15) is 5.56 Å². The van der Waals surface area contributed by atoms with Crippen LogP contribution in [0.5, 0.6) is 5.88 Å². The minimum atomic E-state index is -4.80. The van der Waals surface area contributed by atoms with Crippen LogP contribution in [0.2, 0.25) is 5.02 Å². The fourth-order valence-corrected chi connectivity index (χ4v) is 1.30. The maximum absolute atomic E-state index is 12.3. The van der Waals surface area contributed by atoms with Gasteiger partial charge in [0.25, 0.3) is 0 Å². The fraction of sp³-hybridized carbons (Fsp3) is 0.333. The van der Waals surface area contributed by atoms with Gasteiger partial charge in [0.15, 0.2) is 5.69 Å². The highest BCUT2D eigenvalue weighted by molar-refractivity contribution is 6.31. The van der Waals surface area contributed by atoms with Crippen LogP contribution in [-0.2, 0) is 10.9 Å². The molecule has 94 valence electrons. The van der Waals surface area contributed by atoms with Crippen LogP contribution in [-0.4, -0.2) is 22.7 Å². The van der Waals surface area contributed by atoms with Crippen LogP contribution >= 0.6 is 11.6 Å². The van der Waals surface area contributed by atoms with Gasteiger partial charge in [-0.15, -0.1) is 0 Å². The van der Waals surface area contributed by atoms with Crippen LogP contribution in [0.4, 0.5) is 13.2 Å². The molecule has 1 aromatic heterocycles. The van der Waals surface area contributed by atoms with Gasteiger partial charge in [0, 0.05) is 0 Å². The van der Waals surface area contributed by atoms with E-state index in [4.69, 9.17) is 11.6 Å². The second-order valence-electron chi connectivity index (χ2n) is 2.91. The van der Waals surface area contributed by atoms with E-state index in [0.29, 0.717) is 6.07 Å². The van der Waals surface area contributed by atoms with Crippen molar-refractivity contribution >= 4 is 17.6 Å². The minimum Gasteiger partial charge on any atom is -0.493 e. The maximum atomic E-state index is 12.3. The number of aromatic hydroxyl groups is 1. The van der Waals surface area contributed by atoms with E-state index in [0.717, 1.165) is 0 Å². The third-order valence-corrected chi connectivity index (χ3v) is 2.01. The third-order valence-electron chi connectivity index (χ3n) is 1.72. The summed E-state index contributed by atoms with van der Waals surface area (Å²) in [4.78, 5) is 14.1. The first-order chi connectivity index (χ1) is 7.77. The molecule has 1 aromatic rings. The van der Waals surface area contributed by atoms with E-state index in [2.05, 4.69) is 9.72 Å². The number of alkyl halides is 3.